The zero-order chi connectivity index (χ0) is 19.4. The van der Waals surface area contributed by atoms with Gasteiger partial charge in [-0.25, -0.2) is 4.98 Å². The number of hydrogen-bond acceptors (Lipinski definition) is 7. The first-order valence-corrected chi connectivity index (χ1v) is 9.18. The van der Waals surface area contributed by atoms with E-state index < -0.39 is 4.92 Å². The van der Waals surface area contributed by atoms with Crippen molar-refractivity contribution in [2.24, 2.45) is 0 Å². The van der Waals surface area contributed by atoms with Crippen molar-refractivity contribution in [2.45, 2.75) is 12.7 Å². The number of nitro groups is 1. The third-order valence-corrected chi connectivity index (χ3v) is 4.72. The van der Waals surface area contributed by atoms with Gasteiger partial charge >= 0.3 is 5.69 Å². The Morgan fingerprint density at radius 2 is 2.15 bits per heavy atom. The maximum Gasteiger partial charge on any atom is 0.311 e. The van der Waals surface area contributed by atoms with E-state index in [0.29, 0.717) is 28.4 Å². The molecule has 0 aliphatic carbocycles. The third kappa shape index (κ3) is 4.56. The highest BCUT2D eigenvalue weighted by Crippen LogP contribution is 2.29. The monoisotopic (exact) mass is 387 g/mol. The van der Waals surface area contributed by atoms with Crippen LogP contribution in [-0.4, -0.2) is 28.7 Å². The summed E-state index contributed by atoms with van der Waals surface area (Å²) in [5.41, 5.74) is 2.65. The van der Waals surface area contributed by atoms with Crippen molar-refractivity contribution in [2.75, 3.05) is 18.2 Å². The number of nitro benzene ring substituents is 1. The molecule has 0 spiro atoms. The first kappa shape index (κ1) is 18.7. The van der Waals surface area contributed by atoms with Crippen LogP contribution >= 0.6 is 11.8 Å². The Bertz CT molecular complexity index is 1000. The van der Waals surface area contributed by atoms with Gasteiger partial charge in [0.2, 0.25) is 5.91 Å². The molecule has 1 N–H and O–H groups in total. The minimum absolute atomic E-state index is 0.0868. The van der Waals surface area contributed by atoms with E-state index in [1.165, 1.54) is 24.9 Å². The summed E-state index contributed by atoms with van der Waals surface area (Å²) in [4.78, 5) is 26.9. The molecule has 0 aliphatic rings. The van der Waals surface area contributed by atoms with Crippen LogP contribution in [0.1, 0.15) is 11.5 Å². The number of oxazole rings is 1. The van der Waals surface area contributed by atoms with Gasteiger partial charge in [0.05, 0.1) is 17.8 Å². The number of carbonyl (C=O) groups excluding carboxylic acids is 1. The lowest BCUT2D eigenvalue weighted by Gasteiger charge is -2.06. The second-order valence-corrected chi connectivity index (χ2v) is 6.71. The fraction of sp³-hybridized carbons (Fsp3) is 0.222. The van der Waals surface area contributed by atoms with E-state index in [2.05, 4.69) is 10.3 Å². The molecule has 3 rings (SSSR count). The molecule has 0 unspecified atom stereocenters. The Kier molecular flexibility index (Phi) is 5.60. The number of anilines is 1. The Balaban J connectivity index is 1.56. The topological polar surface area (TPSA) is 108 Å². The van der Waals surface area contributed by atoms with E-state index in [0.717, 1.165) is 5.56 Å². The smallest absolute Gasteiger partial charge is 0.311 e. The molecule has 1 aromatic heterocycles. The van der Waals surface area contributed by atoms with E-state index in [1.54, 1.807) is 37.3 Å². The van der Waals surface area contributed by atoms with Crippen LogP contribution in [0.3, 0.4) is 0 Å². The molecular weight excluding hydrogens is 370 g/mol. The van der Waals surface area contributed by atoms with Gasteiger partial charge in [-0.2, -0.15) is 0 Å². The van der Waals surface area contributed by atoms with Gasteiger partial charge in [0, 0.05) is 24.4 Å². The highest BCUT2D eigenvalue weighted by Gasteiger charge is 2.15. The lowest BCUT2D eigenvalue weighted by atomic mass is 10.2. The predicted molar refractivity (Wildman–Crippen MR) is 103 cm³/mol. The van der Waals surface area contributed by atoms with E-state index >= 15 is 0 Å². The number of hydrogen-bond donors (Lipinski definition) is 1. The average molecular weight is 387 g/mol. The zero-order valence-corrected chi connectivity index (χ0v) is 15.5. The summed E-state index contributed by atoms with van der Waals surface area (Å²) >= 11 is 1.37. The summed E-state index contributed by atoms with van der Waals surface area (Å²) in [6.45, 7) is 1.76. The van der Waals surface area contributed by atoms with Crippen LogP contribution in [0.4, 0.5) is 11.4 Å². The summed E-state index contributed by atoms with van der Waals surface area (Å²) in [6, 6.07) is 10.0. The molecule has 1 heterocycles. The predicted octanol–water partition coefficient (Wildman–Crippen LogP) is 3.92. The number of nitrogens with zero attached hydrogens (tertiary/aromatic N) is 2. The number of amides is 1. The zero-order valence-electron chi connectivity index (χ0n) is 14.7. The van der Waals surface area contributed by atoms with Crippen molar-refractivity contribution in [3.8, 4) is 5.75 Å². The molecule has 2 aromatic carbocycles. The highest BCUT2D eigenvalue weighted by atomic mass is 32.2. The first-order valence-electron chi connectivity index (χ1n) is 8.02. The normalized spacial score (nSPS) is 10.7. The largest absolute Gasteiger partial charge is 0.490 e. The second kappa shape index (κ2) is 8.09. The van der Waals surface area contributed by atoms with Gasteiger partial charge in [0.1, 0.15) is 5.52 Å². The van der Waals surface area contributed by atoms with Crippen molar-refractivity contribution < 1.29 is 18.9 Å². The molecule has 0 fully saturated rings. The molecule has 27 heavy (non-hydrogen) atoms. The van der Waals surface area contributed by atoms with Gasteiger partial charge in [-0.3, -0.25) is 14.9 Å². The number of fused-ring (bicyclic) bond motifs is 1. The highest BCUT2D eigenvalue weighted by molar-refractivity contribution is 7.99. The van der Waals surface area contributed by atoms with Gasteiger partial charge in [0.25, 0.3) is 0 Å². The minimum atomic E-state index is -0.485. The maximum absolute atomic E-state index is 12.1. The molecular formula is C18H17N3O5S. The van der Waals surface area contributed by atoms with Gasteiger partial charge in [-0.1, -0.05) is 6.07 Å². The quantitative estimate of drug-likeness (QED) is 0.483. The maximum atomic E-state index is 12.1. The van der Waals surface area contributed by atoms with Crippen molar-refractivity contribution in [1.82, 2.24) is 4.98 Å². The van der Waals surface area contributed by atoms with Crippen LogP contribution in [-0.2, 0) is 10.5 Å². The number of thioether (sulfide) groups is 1. The molecule has 0 radical (unpaired) electrons. The fourth-order valence-corrected chi connectivity index (χ4v) is 3.32. The van der Waals surface area contributed by atoms with Crippen molar-refractivity contribution in [3.05, 3.63) is 58.0 Å². The molecule has 0 bridgehead atoms. The standard InChI is InChI=1S/C18H17N3O5S/c1-11-19-14-8-13(4-6-16(14)26-11)20-18(22)10-27-9-12-3-5-17(25-2)15(7-12)21(23)24/h3-8H,9-10H2,1-2H3,(H,20,22). The molecule has 1 amide bonds. The number of carbonyl (C=O) groups is 1. The van der Waals surface area contributed by atoms with E-state index in [4.69, 9.17) is 9.15 Å². The van der Waals surface area contributed by atoms with Crippen LogP contribution in [0.15, 0.2) is 40.8 Å². The van der Waals surface area contributed by atoms with Crippen LogP contribution in [0.5, 0.6) is 5.75 Å². The molecule has 9 heteroatoms. The molecule has 0 saturated heterocycles. The van der Waals surface area contributed by atoms with Gasteiger partial charge in [-0.05, 0) is 29.8 Å². The van der Waals surface area contributed by atoms with Crippen molar-refractivity contribution in [3.63, 3.8) is 0 Å². The summed E-state index contributed by atoms with van der Waals surface area (Å²) in [5.74, 6) is 1.31. The van der Waals surface area contributed by atoms with Crippen LogP contribution < -0.4 is 10.1 Å². The summed E-state index contributed by atoms with van der Waals surface area (Å²) in [5, 5.41) is 13.9. The Morgan fingerprint density at radius 3 is 2.89 bits per heavy atom. The van der Waals surface area contributed by atoms with Crippen molar-refractivity contribution >= 4 is 40.1 Å². The lowest BCUT2D eigenvalue weighted by molar-refractivity contribution is -0.385. The Hall–Kier alpha value is -3.07. The van der Waals surface area contributed by atoms with E-state index in [9.17, 15) is 14.9 Å². The van der Waals surface area contributed by atoms with Gasteiger partial charge in [-0.15, -0.1) is 11.8 Å². The van der Waals surface area contributed by atoms with Gasteiger partial charge in [0.15, 0.2) is 17.2 Å². The van der Waals surface area contributed by atoms with Crippen molar-refractivity contribution in [1.29, 1.82) is 0 Å². The number of rotatable bonds is 7. The molecule has 140 valence electrons. The van der Waals surface area contributed by atoms with Crippen LogP contribution in [0.25, 0.3) is 11.1 Å². The molecule has 0 saturated carbocycles. The number of aryl methyl sites for hydroxylation is 1. The molecule has 0 atom stereocenters. The molecule has 8 nitrogen and oxygen atoms in total. The number of methoxy groups -OCH3 is 1. The Labute approximate surface area is 159 Å². The first-order chi connectivity index (χ1) is 13.0. The number of ether oxygens (including phenoxy) is 1. The second-order valence-electron chi connectivity index (χ2n) is 5.72. The van der Waals surface area contributed by atoms with Crippen LogP contribution in [0.2, 0.25) is 0 Å². The van der Waals surface area contributed by atoms with E-state index in [-0.39, 0.29) is 23.1 Å². The number of aromatic nitrogens is 1. The van der Waals surface area contributed by atoms with Crippen LogP contribution in [0, 0.1) is 17.0 Å². The summed E-state index contributed by atoms with van der Waals surface area (Å²) < 4.78 is 10.4. The summed E-state index contributed by atoms with van der Waals surface area (Å²) in [6.07, 6.45) is 0. The third-order valence-electron chi connectivity index (χ3n) is 3.72. The SMILES string of the molecule is COc1ccc(CSCC(=O)Nc2ccc3oc(C)nc3c2)cc1[N+](=O)[O-]. The summed E-state index contributed by atoms with van der Waals surface area (Å²) in [7, 11) is 1.39. The fourth-order valence-electron chi connectivity index (χ4n) is 2.55. The Morgan fingerprint density at radius 1 is 1.33 bits per heavy atom. The molecule has 3 aromatic rings. The lowest BCUT2D eigenvalue weighted by Crippen LogP contribution is -2.14. The number of nitrogens with one attached hydrogen (secondary N) is 1. The minimum Gasteiger partial charge on any atom is -0.490 e. The molecule has 0 aliphatic heterocycles. The average Bonchev–Trinajstić information content (AvgIpc) is 3.00. The number of benzene rings is 2. The van der Waals surface area contributed by atoms with E-state index in [1.807, 2.05) is 0 Å². The van der Waals surface area contributed by atoms with Gasteiger partial charge < -0.3 is 14.5 Å².